The molecule has 45 heavy (non-hydrogen) atoms. The number of aliphatic hydroxyl groups excluding tert-OH is 1. The first-order valence-corrected chi connectivity index (χ1v) is 18.7. The number of hydrogen-bond donors (Lipinski definition) is 1. The van der Waals surface area contributed by atoms with Crippen LogP contribution in [-0.2, 0) is 19.1 Å². The summed E-state index contributed by atoms with van der Waals surface area (Å²) in [6.45, 7) is 4.05. The molecular weight excluding hydrogens is 560 g/mol. The van der Waals surface area contributed by atoms with Crippen LogP contribution >= 0.6 is 0 Å². The van der Waals surface area contributed by atoms with Crippen molar-refractivity contribution in [3.8, 4) is 0 Å². The summed E-state index contributed by atoms with van der Waals surface area (Å²) in [7, 11) is 0. The average molecular weight is 631 g/mol. The molecule has 0 aliphatic rings. The molecule has 5 nitrogen and oxygen atoms in total. The molecule has 0 heterocycles. The van der Waals surface area contributed by atoms with Crippen molar-refractivity contribution < 1.29 is 24.2 Å². The molecule has 0 aromatic carbocycles. The topological polar surface area (TPSA) is 72.8 Å². The van der Waals surface area contributed by atoms with Gasteiger partial charge in [0.2, 0.25) is 0 Å². The normalized spacial score (nSPS) is 12.7. The molecule has 0 saturated heterocycles. The Morgan fingerprint density at radius 1 is 0.511 bits per heavy atom. The predicted octanol–water partition coefficient (Wildman–Crippen LogP) is 11.5. The van der Waals surface area contributed by atoms with Crippen LogP contribution in [-0.4, -0.2) is 36.4 Å². The Morgan fingerprint density at radius 2 is 0.911 bits per heavy atom. The molecule has 1 atom stereocenters. The molecule has 0 aliphatic carbocycles. The first-order valence-electron chi connectivity index (χ1n) is 18.7. The molecule has 0 bridgehead atoms. The van der Waals surface area contributed by atoms with Crippen molar-refractivity contribution >= 4 is 11.9 Å². The number of rotatable bonds is 33. The van der Waals surface area contributed by atoms with Crippen LogP contribution in [0.15, 0.2) is 48.6 Å². The Balaban J connectivity index is 3.67. The van der Waals surface area contributed by atoms with E-state index in [2.05, 4.69) is 62.5 Å². The van der Waals surface area contributed by atoms with Gasteiger partial charge in [-0.05, 0) is 51.4 Å². The van der Waals surface area contributed by atoms with Gasteiger partial charge >= 0.3 is 11.9 Å². The fourth-order valence-electron chi connectivity index (χ4n) is 5.02. The highest BCUT2D eigenvalue weighted by Crippen LogP contribution is 2.14. The third kappa shape index (κ3) is 34.6. The lowest BCUT2D eigenvalue weighted by atomic mass is 10.0. The molecular formula is C40H70O5. The third-order valence-corrected chi connectivity index (χ3v) is 7.88. The number of carbonyl (C=O) groups is 2. The van der Waals surface area contributed by atoms with Gasteiger partial charge in [-0.15, -0.1) is 0 Å². The summed E-state index contributed by atoms with van der Waals surface area (Å²) >= 11 is 0. The molecule has 0 rings (SSSR count). The number of esters is 2. The zero-order chi connectivity index (χ0) is 32.9. The molecule has 0 spiro atoms. The SMILES string of the molecule is CCCCC/C=C/C/C=C/C/C=C/C/C=C/CCCC(=O)OC[C@H](CO)OC(=O)CCCCCCCCCCCCCCCC. The van der Waals surface area contributed by atoms with Crippen LogP contribution in [0.3, 0.4) is 0 Å². The van der Waals surface area contributed by atoms with E-state index in [1.54, 1.807) is 0 Å². The van der Waals surface area contributed by atoms with Crippen molar-refractivity contribution in [1.29, 1.82) is 0 Å². The van der Waals surface area contributed by atoms with Gasteiger partial charge in [0.1, 0.15) is 6.61 Å². The summed E-state index contributed by atoms with van der Waals surface area (Å²) in [6.07, 6.45) is 44.5. The number of carbonyl (C=O) groups excluding carboxylic acids is 2. The minimum Gasteiger partial charge on any atom is -0.462 e. The third-order valence-electron chi connectivity index (χ3n) is 7.88. The number of aliphatic hydroxyl groups is 1. The highest BCUT2D eigenvalue weighted by atomic mass is 16.6. The van der Waals surface area contributed by atoms with Gasteiger partial charge in [0.05, 0.1) is 6.61 Å². The summed E-state index contributed by atoms with van der Waals surface area (Å²) < 4.78 is 10.5. The van der Waals surface area contributed by atoms with E-state index >= 15 is 0 Å². The summed E-state index contributed by atoms with van der Waals surface area (Å²) in [5.41, 5.74) is 0. The zero-order valence-electron chi connectivity index (χ0n) is 29.4. The molecule has 0 aromatic rings. The highest BCUT2D eigenvalue weighted by molar-refractivity contribution is 5.70. The smallest absolute Gasteiger partial charge is 0.306 e. The summed E-state index contributed by atoms with van der Waals surface area (Å²) in [4.78, 5) is 24.2. The van der Waals surface area contributed by atoms with Gasteiger partial charge in [-0.25, -0.2) is 0 Å². The first kappa shape index (κ1) is 42.9. The molecule has 0 radical (unpaired) electrons. The monoisotopic (exact) mass is 631 g/mol. The van der Waals surface area contributed by atoms with Crippen molar-refractivity contribution in [3.05, 3.63) is 48.6 Å². The van der Waals surface area contributed by atoms with E-state index in [0.717, 1.165) is 44.9 Å². The second-order valence-corrected chi connectivity index (χ2v) is 12.3. The summed E-state index contributed by atoms with van der Waals surface area (Å²) in [6, 6.07) is 0. The number of allylic oxidation sites excluding steroid dienone is 8. The summed E-state index contributed by atoms with van der Waals surface area (Å²) in [5, 5.41) is 9.52. The largest absolute Gasteiger partial charge is 0.462 e. The lowest BCUT2D eigenvalue weighted by Crippen LogP contribution is -2.28. The van der Waals surface area contributed by atoms with Gasteiger partial charge in [0.25, 0.3) is 0 Å². The van der Waals surface area contributed by atoms with Crippen LogP contribution in [0.25, 0.3) is 0 Å². The van der Waals surface area contributed by atoms with Crippen molar-refractivity contribution in [3.63, 3.8) is 0 Å². The van der Waals surface area contributed by atoms with Crippen molar-refractivity contribution in [2.24, 2.45) is 0 Å². The summed E-state index contributed by atoms with van der Waals surface area (Å²) in [5.74, 6) is -0.656. The Labute approximate surface area is 278 Å². The minimum absolute atomic E-state index is 0.0931. The van der Waals surface area contributed by atoms with Crippen molar-refractivity contribution in [2.75, 3.05) is 13.2 Å². The van der Waals surface area contributed by atoms with Crippen LogP contribution in [0.2, 0.25) is 0 Å². The lowest BCUT2D eigenvalue weighted by molar-refractivity contribution is -0.161. The number of unbranched alkanes of at least 4 members (excludes halogenated alkanes) is 17. The molecule has 0 unspecified atom stereocenters. The van der Waals surface area contributed by atoms with Crippen LogP contribution in [0.5, 0.6) is 0 Å². The highest BCUT2D eigenvalue weighted by Gasteiger charge is 2.16. The van der Waals surface area contributed by atoms with E-state index in [9.17, 15) is 14.7 Å². The van der Waals surface area contributed by atoms with E-state index in [1.165, 1.54) is 96.3 Å². The molecule has 0 aliphatic heterocycles. The molecule has 1 N–H and O–H groups in total. The van der Waals surface area contributed by atoms with E-state index in [4.69, 9.17) is 9.47 Å². The van der Waals surface area contributed by atoms with Crippen LogP contribution in [0.1, 0.15) is 174 Å². The van der Waals surface area contributed by atoms with Gasteiger partial charge in [-0.2, -0.15) is 0 Å². The van der Waals surface area contributed by atoms with E-state index in [1.807, 2.05) is 0 Å². The quantitative estimate of drug-likeness (QED) is 0.0444. The van der Waals surface area contributed by atoms with Crippen molar-refractivity contribution in [1.82, 2.24) is 0 Å². The fourth-order valence-corrected chi connectivity index (χ4v) is 5.02. The molecule has 0 saturated carbocycles. The second kappa shape index (κ2) is 36.3. The molecule has 5 heteroatoms. The molecule has 0 aromatic heterocycles. The van der Waals surface area contributed by atoms with Gasteiger partial charge in [0, 0.05) is 12.8 Å². The molecule has 0 amide bonds. The lowest BCUT2D eigenvalue weighted by Gasteiger charge is -2.15. The second-order valence-electron chi connectivity index (χ2n) is 12.3. The van der Waals surface area contributed by atoms with E-state index in [-0.39, 0.29) is 25.2 Å². The maximum Gasteiger partial charge on any atom is 0.306 e. The Morgan fingerprint density at radius 3 is 1.40 bits per heavy atom. The zero-order valence-corrected chi connectivity index (χ0v) is 29.4. The standard InChI is InChI=1S/C40H70O5/c1-3-5-7-9-11-13-15-17-19-20-21-23-24-26-28-30-32-34-39(42)44-37-38(36-41)45-40(43)35-33-31-29-27-25-22-18-16-14-12-10-8-6-4-2/h11,13,17,19,21,23,26,28,38,41H,3-10,12,14-16,18,20,22,24-25,27,29-37H2,1-2H3/b13-11+,19-17+,23-21+,28-26+/t38-/m0/s1. The van der Waals surface area contributed by atoms with Crippen molar-refractivity contribution in [2.45, 2.75) is 180 Å². The maximum absolute atomic E-state index is 12.1. The van der Waals surface area contributed by atoms with E-state index in [0.29, 0.717) is 19.3 Å². The Bertz CT molecular complexity index is 767. The maximum atomic E-state index is 12.1. The van der Waals surface area contributed by atoms with Crippen LogP contribution < -0.4 is 0 Å². The van der Waals surface area contributed by atoms with Crippen LogP contribution in [0, 0.1) is 0 Å². The predicted molar refractivity (Wildman–Crippen MR) is 191 cm³/mol. The van der Waals surface area contributed by atoms with E-state index < -0.39 is 6.10 Å². The van der Waals surface area contributed by atoms with Crippen LogP contribution in [0.4, 0.5) is 0 Å². The number of ether oxygens (including phenoxy) is 2. The van der Waals surface area contributed by atoms with Gasteiger partial charge in [-0.1, -0.05) is 159 Å². The Hall–Kier alpha value is -2.14. The van der Waals surface area contributed by atoms with Gasteiger partial charge in [0.15, 0.2) is 6.10 Å². The Kier molecular flexibility index (Phi) is 34.6. The van der Waals surface area contributed by atoms with Gasteiger partial charge in [-0.3, -0.25) is 9.59 Å². The molecule has 0 fully saturated rings. The van der Waals surface area contributed by atoms with Gasteiger partial charge < -0.3 is 14.6 Å². The molecule has 260 valence electrons. The fraction of sp³-hybridized carbons (Fsp3) is 0.750. The first-order chi connectivity index (χ1) is 22.1. The minimum atomic E-state index is -0.790. The number of hydrogen-bond acceptors (Lipinski definition) is 5. The average Bonchev–Trinajstić information content (AvgIpc) is 3.04.